The maximum Gasteiger partial charge on any atom is 0.291 e. The lowest BCUT2D eigenvalue weighted by atomic mass is 9.97. The molecule has 30 heavy (non-hydrogen) atoms. The zero-order valence-corrected chi connectivity index (χ0v) is 16.5. The molecule has 1 aliphatic rings. The van der Waals surface area contributed by atoms with Gasteiger partial charge in [-0.2, -0.15) is 0 Å². The maximum absolute atomic E-state index is 13.4. The summed E-state index contributed by atoms with van der Waals surface area (Å²) in [6, 6.07) is 18.4. The van der Waals surface area contributed by atoms with Gasteiger partial charge >= 0.3 is 0 Å². The lowest BCUT2D eigenvalue weighted by Gasteiger charge is -2.25. The Morgan fingerprint density at radius 3 is 2.50 bits per heavy atom. The second-order valence-electron chi connectivity index (χ2n) is 7.46. The van der Waals surface area contributed by atoms with Gasteiger partial charge in [0, 0.05) is 18.9 Å². The number of hydrogen-bond acceptors (Lipinski definition) is 4. The van der Waals surface area contributed by atoms with Crippen LogP contribution in [-0.4, -0.2) is 15.8 Å². The summed E-state index contributed by atoms with van der Waals surface area (Å²) in [4.78, 5) is 32.7. The number of fused-ring (bicyclic) bond motifs is 2. The maximum atomic E-state index is 13.4. The lowest BCUT2D eigenvalue weighted by molar-refractivity contribution is 0.0714. The molecule has 0 saturated carbocycles. The van der Waals surface area contributed by atoms with Gasteiger partial charge < -0.3 is 9.32 Å². The molecule has 3 heterocycles. The molecule has 4 aromatic rings. The molecule has 0 radical (unpaired) electrons. The second kappa shape index (κ2) is 7.26. The monoisotopic (exact) mass is 396 g/mol. The predicted molar refractivity (Wildman–Crippen MR) is 114 cm³/mol. The molecule has 5 nitrogen and oxygen atoms in total. The number of aryl methyl sites for hydroxylation is 1. The van der Waals surface area contributed by atoms with Crippen molar-refractivity contribution in [2.24, 2.45) is 0 Å². The van der Waals surface area contributed by atoms with Gasteiger partial charge in [-0.05, 0) is 41.3 Å². The van der Waals surface area contributed by atoms with Crippen LogP contribution in [-0.2, 0) is 13.0 Å². The topological polar surface area (TPSA) is 63.4 Å². The fourth-order valence-electron chi connectivity index (χ4n) is 4.10. The van der Waals surface area contributed by atoms with Crippen molar-refractivity contribution in [1.29, 1.82) is 0 Å². The Morgan fingerprint density at radius 1 is 0.967 bits per heavy atom. The van der Waals surface area contributed by atoms with E-state index in [9.17, 15) is 9.59 Å². The molecule has 5 rings (SSSR count). The number of benzene rings is 2. The van der Waals surface area contributed by atoms with Crippen molar-refractivity contribution >= 4 is 16.9 Å². The van der Waals surface area contributed by atoms with Crippen LogP contribution >= 0.6 is 0 Å². The molecule has 0 N–H and O–H groups in total. The van der Waals surface area contributed by atoms with Crippen LogP contribution in [0.25, 0.3) is 11.0 Å². The highest BCUT2D eigenvalue weighted by atomic mass is 16.3. The minimum Gasteiger partial charge on any atom is -0.450 e. The first-order valence-corrected chi connectivity index (χ1v) is 10.0. The number of hydrogen-bond donors (Lipinski definition) is 0. The Bertz CT molecular complexity index is 1290. The fourth-order valence-corrected chi connectivity index (χ4v) is 4.10. The van der Waals surface area contributed by atoms with E-state index in [4.69, 9.17) is 4.42 Å². The molecule has 1 atom stereocenters. The molecule has 0 fully saturated rings. The van der Waals surface area contributed by atoms with E-state index in [1.165, 1.54) is 5.56 Å². The highest BCUT2D eigenvalue weighted by molar-refractivity contribution is 5.99. The molecule has 0 unspecified atom stereocenters. The fraction of sp³-hybridized carbons (Fsp3) is 0.160. The molecule has 2 aromatic heterocycles. The third-order valence-electron chi connectivity index (χ3n) is 5.65. The summed E-state index contributed by atoms with van der Waals surface area (Å²) < 4.78 is 5.96. The highest BCUT2D eigenvalue weighted by Gasteiger charge is 2.42. The first-order valence-electron chi connectivity index (χ1n) is 10.0. The van der Waals surface area contributed by atoms with Crippen LogP contribution in [0.3, 0.4) is 0 Å². The van der Waals surface area contributed by atoms with Gasteiger partial charge in [0.1, 0.15) is 5.58 Å². The molecule has 0 spiro atoms. The molecule has 2 aromatic carbocycles. The van der Waals surface area contributed by atoms with E-state index in [0.29, 0.717) is 23.1 Å². The van der Waals surface area contributed by atoms with Crippen LogP contribution in [0.15, 0.2) is 82.3 Å². The summed E-state index contributed by atoms with van der Waals surface area (Å²) in [5.41, 5.74) is 3.67. The average Bonchev–Trinajstić information content (AvgIpc) is 3.06. The molecule has 0 saturated heterocycles. The van der Waals surface area contributed by atoms with Crippen LogP contribution < -0.4 is 5.43 Å². The SMILES string of the molecule is CCc1ccc([C@@H]2c3c(oc4ccccc4c3=O)C(=O)N2Cc2cccnc2)cc1. The summed E-state index contributed by atoms with van der Waals surface area (Å²) in [5, 5.41) is 0.488. The van der Waals surface area contributed by atoms with Gasteiger partial charge in [-0.1, -0.05) is 49.4 Å². The van der Waals surface area contributed by atoms with Crippen molar-refractivity contribution < 1.29 is 9.21 Å². The van der Waals surface area contributed by atoms with Crippen molar-refractivity contribution in [2.45, 2.75) is 25.9 Å². The molecule has 0 aliphatic carbocycles. The van der Waals surface area contributed by atoms with E-state index in [2.05, 4.69) is 11.9 Å². The van der Waals surface area contributed by atoms with Gasteiger partial charge in [-0.25, -0.2) is 0 Å². The highest BCUT2D eigenvalue weighted by Crippen LogP contribution is 2.39. The summed E-state index contributed by atoms with van der Waals surface area (Å²) in [7, 11) is 0. The van der Waals surface area contributed by atoms with Crippen LogP contribution in [0.2, 0.25) is 0 Å². The molecule has 1 aliphatic heterocycles. The molecular formula is C25H20N2O3. The smallest absolute Gasteiger partial charge is 0.291 e. The Balaban J connectivity index is 1.71. The van der Waals surface area contributed by atoms with Gasteiger partial charge in [0.15, 0.2) is 5.43 Å². The first-order chi connectivity index (χ1) is 14.7. The Labute approximate surface area is 173 Å². The van der Waals surface area contributed by atoms with E-state index in [1.807, 2.05) is 36.4 Å². The van der Waals surface area contributed by atoms with Crippen LogP contribution in [0.4, 0.5) is 0 Å². The molecule has 0 bridgehead atoms. The summed E-state index contributed by atoms with van der Waals surface area (Å²) in [6.45, 7) is 2.44. The molecular weight excluding hydrogens is 376 g/mol. The zero-order valence-electron chi connectivity index (χ0n) is 16.5. The summed E-state index contributed by atoms with van der Waals surface area (Å²) in [5.74, 6) is -0.145. The van der Waals surface area contributed by atoms with Crippen molar-refractivity contribution in [3.63, 3.8) is 0 Å². The Kier molecular flexibility index (Phi) is 4.43. The van der Waals surface area contributed by atoms with Crippen LogP contribution in [0, 0.1) is 0 Å². The second-order valence-corrected chi connectivity index (χ2v) is 7.46. The lowest BCUT2D eigenvalue weighted by Crippen LogP contribution is -2.29. The summed E-state index contributed by atoms with van der Waals surface area (Å²) in [6.07, 6.45) is 4.36. The van der Waals surface area contributed by atoms with Gasteiger partial charge in [0.05, 0.1) is 17.0 Å². The number of nitrogens with zero attached hydrogens (tertiary/aromatic N) is 2. The average molecular weight is 396 g/mol. The first kappa shape index (κ1) is 18.3. The number of amides is 1. The van der Waals surface area contributed by atoms with Crippen LogP contribution in [0.5, 0.6) is 0 Å². The third-order valence-corrected chi connectivity index (χ3v) is 5.65. The minimum absolute atomic E-state index is 0.132. The van der Waals surface area contributed by atoms with Crippen molar-refractivity contribution in [1.82, 2.24) is 9.88 Å². The van der Waals surface area contributed by atoms with Crippen molar-refractivity contribution in [3.8, 4) is 0 Å². The Morgan fingerprint density at radius 2 is 1.77 bits per heavy atom. The van der Waals surface area contributed by atoms with E-state index in [0.717, 1.165) is 17.5 Å². The molecule has 148 valence electrons. The van der Waals surface area contributed by atoms with Gasteiger partial charge in [-0.3, -0.25) is 14.6 Å². The van der Waals surface area contributed by atoms with Crippen molar-refractivity contribution in [3.05, 3.63) is 111 Å². The van der Waals surface area contributed by atoms with E-state index < -0.39 is 6.04 Å². The largest absolute Gasteiger partial charge is 0.450 e. The normalized spacial score (nSPS) is 15.6. The quantitative estimate of drug-likeness (QED) is 0.510. The molecule has 1 amide bonds. The van der Waals surface area contributed by atoms with E-state index >= 15 is 0 Å². The number of carbonyl (C=O) groups is 1. The predicted octanol–water partition coefficient (Wildman–Crippen LogP) is 4.50. The van der Waals surface area contributed by atoms with Crippen molar-refractivity contribution in [2.75, 3.05) is 0 Å². The standard InChI is InChI=1S/C25H20N2O3/c1-2-16-9-11-18(12-10-16)22-21-23(28)19-7-3-4-8-20(19)30-24(21)25(29)27(22)15-17-6-5-13-26-14-17/h3-14,22H,2,15H2,1H3/t22-/m1/s1. The minimum atomic E-state index is -0.500. The molecule has 5 heteroatoms. The van der Waals surface area contributed by atoms with E-state index in [-0.39, 0.29) is 17.1 Å². The number of carbonyl (C=O) groups excluding carboxylic acids is 1. The van der Waals surface area contributed by atoms with E-state index in [1.54, 1.807) is 41.6 Å². The third kappa shape index (κ3) is 2.90. The number of para-hydroxylation sites is 1. The van der Waals surface area contributed by atoms with Gasteiger partial charge in [0.25, 0.3) is 5.91 Å². The van der Waals surface area contributed by atoms with Gasteiger partial charge in [-0.15, -0.1) is 0 Å². The number of pyridine rings is 1. The summed E-state index contributed by atoms with van der Waals surface area (Å²) >= 11 is 0. The number of aromatic nitrogens is 1. The van der Waals surface area contributed by atoms with Gasteiger partial charge in [0.2, 0.25) is 5.76 Å². The van der Waals surface area contributed by atoms with Crippen LogP contribution in [0.1, 0.15) is 45.8 Å². The number of rotatable bonds is 4. The Hall–Kier alpha value is -3.73. The zero-order chi connectivity index (χ0) is 20.7.